The second kappa shape index (κ2) is 9.62. The molecule has 1 saturated heterocycles. The smallest absolute Gasteiger partial charge is 0.264 e. The molecule has 1 fully saturated rings. The lowest BCUT2D eigenvalue weighted by molar-refractivity contribution is 0.0507. The number of carbonyl (C=O) groups is 1. The first-order chi connectivity index (χ1) is 15.1. The Bertz CT molecular complexity index is 1070. The minimum atomic E-state index is -0.0996. The van der Waals surface area contributed by atoms with Crippen LogP contribution in [0.1, 0.15) is 40.1 Å². The third-order valence-corrected chi connectivity index (χ3v) is 7.05. The van der Waals surface area contributed by atoms with E-state index in [1.165, 1.54) is 23.2 Å². The Morgan fingerprint density at radius 3 is 3.03 bits per heavy atom. The average molecular weight is 441 g/mol. The Morgan fingerprint density at radius 1 is 1.35 bits per heavy atom. The molecule has 1 aromatic carbocycles. The zero-order chi connectivity index (χ0) is 21.8. The van der Waals surface area contributed by atoms with Crippen LogP contribution in [-0.4, -0.2) is 58.7 Å². The molecule has 2 aromatic heterocycles. The van der Waals surface area contributed by atoms with Gasteiger partial charge in [-0.05, 0) is 55.9 Å². The van der Waals surface area contributed by atoms with Gasteiger partial charge in [0, 0.05) is 13.1 Å². The topological polar surface area (TPSA) is 87.6 Å². The van der Waals surface area contributed by atoms with E-state index >= 15 is 0 Å². The van der Waals surface area contributed by atoms with Gasteiger partial charge in [0.15, 0.2) is 0 Å². The first-order valence-electron chi connectivity index (χ1n) is 10.6. The fourth-order valence-corrected chi connectivity index (χ4v) is 5.26. The number of nitrogens with one attached hydrogen (secondary N) is 1. The third kappa shape index (κ3) is 4.50. The third-order valence-electron chi connectivity index (χ3n) is 5.86. The molecule has 1 amide bonds. The number of piperidine rings is 1. The zero-order valence-electron chi connectivity index (χ0n) is 17.9. The van der Waals surface area contributed by atoms with Crippen LogP contribution in [0.3, 0.4) is 0 Å². The van der Waals surface area contributed by atoms with Crippen LogP contribution in [0.2, 0.25) is 0 Å². The average Bonchev–Trinajstić information content (AvgIpc) is 3.16. The number of hydrogen-bond donors (Lipinski definition) is 2. The maximum absolute atomic E-state index is 13.3. The summed E-state index contributed by atoms with van der Waals surface area (Å²) in [5.74, 6) is 1.58. The largest absolute Gasteiger partial charge is 0.497 e. The number of aromatic nitrogens is 2. The van der Waals surface area contributed by atoms with Gasteiger partial charge in [0.1, 0.15) is 22.7 Å². The number of benzene rings is 1. The van der Waals surface area contributed by atoms with E-state index in [-0.39, 0.29) is 18.6 Å². The molecule has 3 heterocycles. The first-order valence-corrected chi connectivity index (χ1v) is 11.5. The summed E-state index contributed by atoms with van der Waals surface area (Å²) in [6.07, 6.45) is 5.24. The Balaban J connectivity index is 1.54. The van der Waals surface area contributed by atoms with E-state index in [0.29, 0.717) is 18.0 Å². The molecule has 1 aliphatic rings. The van der Waals surface area contributed by atoms with Crippen molar-refractivity contribution in [2.45, 2.75) is 38.6 Å². The lowest BCUT2D eigenvalue weighted by Gasteiger charge is -2.34. The maximum atomic E-state index is 13.3. The van der Waals surface area contributed by atoms with Gasteiger partial charge >= 0.3 is 0 Å². The van der Waals surface area contributed by atoms with E-state index in [2.05, 4.69) is 21.4 Å². The van der Waals surface area contributed by atoms with E-state index in [9.17, 15) is 9.90 Å². The van der Waals surface area contributed by atoms with Crippen LogP contribution in [-0.2, 0) is 6.42 Å². The fourth-order valence-electron chi connectivity index (χ4n) is 4.15. The van der Waals surface area contributed by atoms with Crippen LogP contribution in [0.15, 0.2) is 30.6 Å². The molecule has 0 radical (unpaired) electrons. The number of thiophene rings is 1. The predicted octanol–water partition coefficient (Wildman–Crippen LogP) is 3.65. The van der Waals surface area contributed by atoms with Crippen molar-refractivity contribution in [3.8, 4) is 5.75 Å². The van der Waals surface area contributed by atoms with Gasteiger partial charge < -0.3 is 20.1 Å². The van der Waals surface area contributed by atoms with Crippen molar-refractivity contribution in [2.24, 2.45) is 0 Å². The standard InChI is InChI=1S/C23H28N4O3S/c1-15-19-21(24-10-9-16-6-5-8-18(12-16)30-2)25-14-26-22(19)31-20(15)23(29)27-11-4-3-7-17(27)13-28/h5-6,8,12,14,17,28H,3-4,7,9-11,13H2,1-2H3,(H,24,25,26)/t17-/m0/s1. The molecule has 1 atom stereocenters. The molecular formula is C23H28N4O3S. The molecule has 164 valence electrons. The SMILES string of the molecule is COc1cccc(CCNc2ncnc3sc(C(=O)N4CCCC[C@H]4CO)c(C)c23)c1. The molecule has 0 bridgehead atoms. The maximum Gasteiger partial charge on any atom is 0.264 e. The van der Waals surface area contributed by atoms with Gasteiger partial charge in [0.25, 0.3) is 5.91 Å². The summed E-state index contributed by atoms with van der Waals surface area (Å²) >= 11 is 1.41. The summed E-state index contributed by atoms with van der Waals surface area (Å²) in [6.45, 7) is 3.36. The van der Waals surface area contributed by atoms with Crippen molar-refractivity contribution < 1.29 is 14.6 Å². The van der Waals surface area contributed by atoms with E-state index in [1.807, 2.05) is 30.0 Å². The molecule has 4 rings (SSSR count). The van der Waals surface area contributed by atoms with Crippen molar-refractivity contribution in [3.63, 3.8) is 0 Å². The Hall–Kier alpha value is -2.71. The predicted molar refractivity (Wildman–Crippen MR) is 123 cm³/mol. The minimum absolute atomic E-state index is 0.00651. The highest BCUT2D eigenvalue weighted by atomic mass is 32.1. The normalized spacial score (nSPS) is 16.5. The summed E-state index contributed by atoms with van der Waals surface area (Å²) in [6, 6.07) is 7.92. The van der Waals surface area contributed by atoms with Crippen molar-refractivity contribution in [1.82, 2.24) is 14.9 Å². The minimum Gasteiger partial charge on any atom is -0.497 e. The number of aliphatic hydroxyl groups excluding tert-OH is 1. The lowest BCUT2D eigenvalue weighted by atomic mass is 10.0. The second-order valence-electron chi connectivity index (χ2n) is 7.82. The van der Waals surface area contributed by atoms with Gasteiger partial charge in [0.05, 0.1) is 30.0 Å². The molecule has 0 unspecified atom stereocenters. The van der Waals surface area contributed by atoms with Crippen LogP contribution in [0, 0.1) is 6.92 Å². The molecular weight excluding hydrogens is 412 g/mol. The van der Waals surface area contributed by atoms with Gasteiger partial charge in [-0.25, -0.2) is 9.97 Å². The van der Waals surface area contributed by atoms with E-state index < -0.39 is 0 Å². The summed E-state index contributed by atoms with van der Waals surface area (Å²) in [7, 11) is 1.67. The Morgan fingerprint density at radius 2 is 2.23 bits per heavy atom. The molecule has 1 aliphatic heterocycles. The van der Waals surface area contributed by atoms with Crippen molar-refractivity contribution >= 4 is 33.3 Å². The van der Waals surface area contributed by atoms with Gasteiger partial charge in [-0.2, -0.15) is 0 Å². The number of fused-ring (bicyclic) bond motifs is 1. The molecule has 0 spiro atoms. The van der Waals surface area contributed by atoms with Gasteiger partial charge in [-0.3, -0.25) is 4.79 Å². The first kappa shape index (κ1) is 21.5. The Kier molecular flexibility index (Phi) is 6.67. The van der Waals surface area contributed by atoms with Crippen molar-refractivity contribution in [3.05, 3.63) is 46.6 Å². The number of methoxy groups -OCH3 is 1. The number of amides is 1. The van der Waals surface area contributed by atoms with Crippen LogP contribution < -0.4 is 10.1 Å². The summed E-state index contributed by atoms with van der Waals surface area (Å²) < 4.78 is 5.29. The molecule has 3 aromatic rings. The number of ether oxygens (including phenoxy) is 1. The monoisotopic (exact) mass is 440 g/mol. The highest BCUT2D eigenvalue weighted by molar-refractivity contribution is 7.20. The van der Waals surface area contributed by atoms with Crippen molar-refractivity contribution in [1.29, 1.82) is 0 Å². The van der Waals surface area contributed by atoms with Gasteiger partial charge in [-0.1, -0.05) is 12.1 Å². The number of hydrogen-bond acceptors (Lipinski definition) is 7. The van der Waals surface area contributed by atoms with Gasteiger partial charge in [-0.15, -0.1) is 11.3 Å². The number of nitrogens with zero attached hydrogens (tertiary/aromatic N) is 3. The number of aliphatic hydroxyl groups is 1. The van der Waals surface area contributed by atoms with Crippen LogP contribution in [0.25, 0.3) is 10.2 Å². The number of likely N-dealkylation sites (tertiary alicyclic amines) is 1. The van der Waals surface area contributed by atoms with E-state index in [1.54, 1.807) is 7.11 Å². The summed E-state index contributed by atoms with van der Waals surface area (Å²) in [4.78, 5) is 25.4. The zero-order valence-corrected chi connectivity index (χ0v) is 18.7. The summed E-state index contributed by atoms with van der Waals surface area (Å²) in [5.41, 5.74) is 2.08. The fraction of sp³-hybridized carbons (Fsp3) is 0.435. The second-order valence-corrected chi connectivity index (χ2v) is 8.82. The highest BCUT2D eigenvalue weighted by Gasteiger charge is 2.30. The molecule has 8 heteroatoms. The highest BCUT2D eigenvalue weighted by Crippen LogP contribution is 2.35. The van der Waals surface area contributed by atoms with Crippen LogP contribution >= 0.6 is 11.3 Å². The van der Waals surface area contributed by atoms with E-state index in [4.69, 9.17) is 4.74 Å². The Labute approximate surface area is 186 Å². The van der Waals surface area contributed by atoms with Crippen LogP contribution in [0.5, 0.6) is 5.75 Å². The number of rotatable bonds is 7. The van der Waals surface area contributed by atoms with Crippen molar-refractivity contribution in [2.75, 3.05) is 32.1 Å². The number of aryl methyl sites for hydroxylation is 1. The van der Waals surface area contributed by atoms with E-state index in [0.717, 1.165) is 53.0 Å². The number of carbonyl (C=O) groups excluding carboxylic acids is 1. The number of anilines is 1. The quantitative estimate of drug-likeness (QED) is 0.583. The summed E-state index contributed by atoms with van der Waals surface area (Å²) in [5, 5.41) is 14.0. The lowest BCUT2D eigenvalue weighted by Crippen LogP contribution is -2.45. The van der Waals surface area contributed by atoms with Gasteiger partial charge in [0.2, 0.25) is 0 Å². The van der Waals surface area contributed by atoms with Crippen LogP contribution in [0.4, 0.5) is 5.82 Å². The molecule has 2 N–H and O–H groups in total. The molecule has 7 nitrogen and oxygen atoms in total. The molecule has 0 saturated carbocycles. The molecule has 31 heavy (non-hydrogen) atoms. The molecule has 0 aliphatic carbocycles.